The zero-order valence-electron chi connectivity index (χ0n) is 15.5. The average Bonchev–Trinajstić information content (AvgIpc) is 2.69. The number of aliphatic hydroxyl groups is 1. The highest BCUT2D eigenvalue weighted by Gasteiger charge is 2.16. The number of anilines is 3. The first-order chi connectivity index (χ1) is 13.5. The third-order valence-electron chi connectivity index (χ3n) is 4.23. The molecule has 2 heterocycles. The SMILES string of the molecule is CC(C)[C@H](CO)Nc1nc(Nc2c(F)cccc2F)cc(-c2ccncc2)n1. The van der Waals surface area contributed by atoms with Gasteiger partial charge in [-0.3, -0.25) is 4.98 Å². The number of nitrogens with zero attached hydrogens (tertiary/aromatic N) is 3. The Morgan fingerprint density at radius 1 is 1.04 bits per heavy atom. The largest absolute Gasteiger partial charge is 0.394 e. The number of halogens is 2. The molecule has 0 radical (unpaired) electrons. The number of para-hydroxylation sites is 1. The lowest BCUT2D eigenvalue weighted by molar-refractivity contribution is 0.248. The Kier molecular flexibility index (Phi) is 6.10. The van der Waals surface area contributed by atoms with E-state index in [2.05, 4.69) is 25.6 Å². The normalized spacial score (nSPS) is 12.1. The highest BCUT2D eigenvalue weighted by molar-refractivity contribution is 5.67. The summed E-state index contributed by atoms with van der Waals surface area (Å²) in [5.41, 5.74) is 1.01. The predicted octanol–water partition coefficient (Wildman–Crippen LogP) is 3.99. The van der Waals surface area contributed by atoms with Gasteiger partial charge in [-0.25, -0.2) is 13.8 Å². The fraction of sp³-hybridized carbons (Fsp3) is 0.250. The molecule has 2 aromatic heterocycles. The molecule has 0 spiro atoms. The Bertz CT molecular complexity index is 917. The maximum Gasteiger partial charge on any atom is 0.225 e. The van der Waals surface area contributed by atoms with Crippen LogP contribution in [0.4, 0.5) is 26.2 Å². The lowest BCUT2D eigenvalue weighted by Crippen LogP contribution is -2.30. The number of aromatic nitrogens is 3. The number of hydrogen-bond donors (Lipinski definition) is 3. The Labute approximate surface area is 161 Å². The zero-order valence-corrected chi connectivity index (χ0v) is 15.5. The Morgan fingerprint density at radius 3 is 2.32 bits per heavy atom. The molecule has 0 amide bonds. The fourth-order valence-corrected chi connectivity index (χ4v) is 2.58. The Balaban J connectivity index is 2.02. The molecular formula is C20H21F2N5O. The van der Waals surface area contributed by atoms with Crippen molar-refractivity contribution in [3.63, 3.8) is 0 Å². The monoisotopic (exact) mass is 385 g/mol. The molecule has 0 aliphatic carbocycles. The van der Waals surface area contributed by atoms with Crippen molar-refractivity contribution in [2.75, 3.05) is 17.2 Å². The van der Waals surface area contributed by atoms with Gasteiger partial charge in [0.15, 0.2) is 0 Å². The van der Waals surface area contributed by atoms with Crippen LogP contribution in [0.2, 0.25) is 0 Å². The molecule has 0 aliphatic rings. The lowest BCUT2D eigenvalue weighted by atomic mass is 10.1. The molecule has 146 valence electrons. The van der Waals surface area contributed by atoms with Gasteiger partial charge >= 0.3 is 0 Å². The molecule has 0 bridgehead atoms. The molecular weight excluding hydrogens is 364 g/mol. The number of aliphatic hydroxyl groups excluding tert-OH is 1. The van der Waals surface area contributed by atoms with Crippen LogP contribution in [0.3, 0.4) is 0 Å². The Morgan fingerprint density at radius 2 is 1.71 bits per heavy atom. The van der Waals surface area contributed by atoms with Crippen molar-refractivity contribution in [1.29, 1.82) is 0 Å². The molecule has 3 aromatic rings. The molecule has 28 heavy (non-hydrogen) atoms. The van der Waals surface area contributed by atoms with Crippen LogP contribution in [0.5, 0.6) is 0 Å². The van der Waals surface area contributed by atoms with Gasteiger partial charge < -0.3 is 15.7 Å². The first-order valence-corrected chi connectivity index (χ1v) is 8.86. The first-order valence-electron chi connectivity index (χ1n) is 8.86. The highest BCUT2D eigenvalue weighted by atomic mass is 19.1. The third-order valence-corrected chi connectivity index (χ3v) is 4.23. The smallest absolute Gasteiger partial charge is 0.225 e. The van der Waals surface area contributed by atoms with Gasteiger partial charge in [-0.05, 0) is 30.2 Å². The van der Waals surface area contributed by atoms with Crippen molar-refractivity contribution in [2.45, 2.75) is 19.9 Å². The molecule has 0 saturated heterocycles. The van der Waals surface area contributed by atoms with E-state index in [0.29, 0.717) is 5.69 Å². The molecule has 8 heteroatoms. The van der Waals surface area contributed by atoms with E-state index in [1.807, 2.05) is 13.8 Å². The summed E-state index contributed by atoms with van der Waals surface area (Å²) < 4.78 is 28.1. The van der Waals surface area contributed by atoms with Gasteiger partial charge in [0, 0.05) is 24.0 Å². The van der Waals surface area contributed by atoms with E-state index < -0.39 is 11.6 Å². The lowest BCUT2D eigenvalue weighted by Gasteiger charge is -2.20. The fourth-order valence-electron chi connectivity index (χ4n) is 2.58. The molecule has 0 saturated carbocycles. The first kappa shape index (κ1) is 19.6. The van der Waals surface area contributed by atoms with E-state index >= 15 is 0 Å². The van der Waals surface area contributed by atoms with Gasteiger partial charge in [0.25, 0.3) is 0 Å². The highest BCUT2D eigenvalue weighted by Crippen LogP contribution is 2.26. The van der Waals surface area contributed by atoms with E-state index in [0.717, 1.165) is 17.7 Å². The van der Waals surface area contributed by atoms with Crippen molar-refractivity contribution >= 4 is 17.5 Å². The van der Waals surface area contributed by atoms with Crippen molar-refractivity contribution in [2.24, 2.45) is 5.92 Å². The van der Waals surface area contributed by atoms with Crippen molar-refractivity contribution in [3.05, 3.63) is 60.4 Å². The zero-order chi connectivity index (χ0) is 20.1. The van der Waals surface area contributed by atoms with E-state index in [1.54, 1.807) is 30.6 Å². The maximum atomic E-state index is 14.0. The van der Waals surface area contributed by atoms with Crippen LogP contribution >= 0.6 is 0 Å². The van der Waals surface area contributed by atoms with E-state index in [4.69, 9.17) is 0 Å². The molecule has 0 unspecified atom stereocenters. The number of pyridine rings is 1. The summed E-state index contributed by atoms with van der Waals surface area (Å²) in [5.74, 6) is -0.878. The second kappa shape index (κ2) is 8.71. The second-order valence-electron chi connectivity index (χ2n) is 6.60. The van der Waals surface area contributed by atoms with Gasteiger partial charge in [-0.2, -0.15) is 4.98 Å². The van der Waals surface area contributed by atoms with Crippen molar-refractivity contribution < 1.29 is 13.9 Å². The van der Waals surface area contributed by atoms with Crippen LogP contribution in [0, 0.1) is 17.6 Å². The summed E-state index contributed by atoms with van der Waals surface area (Å²) in [6.07, 6.45) is 3.25. The van der Waals surface area contributed by atoms with Crippen LogP contribution < -0.4 is 10.6 Å². The maximum absolute atomic E-state index is 14.0. The number of hydrogen-bond acceptors (Lipinski definition) is 6. The van der Waals surface area contributed by atoms with Gasteiger partial charge in [-0.1, -0.05) is 19.9 Å². The summed E-state index contributed by atoms with van der Waals surface area (Å²) in [4.78, 5) is 12.8. The second-order valence-corrected chi connectivity index (χ2v) is 6.60. The Hall–Kier alpha value is -3.13. The summed E-state index contributed by atoms with van der Waals surface area (Å²) in [5, 5.41) is 15.4. The standard InChI is InChI=1S/C20H21F2N5O/c1-12(2)17(11-28)25-20-24-16(13-6-8-23-9-7-13)10-18(27-20)26-19-14(21)4-3-5-15(19)22/h3-10,12,17,28H,11H2,1-2H3,(H2,24,25,26,27)/t17-/m0/s1. The summed E-state index contributed by atoms with van der Waals surface area (Å²) in [6.45, 7) is 3.80. The van der Waals surface area contributed by atoms with Crippen LogP contribution in [-0.2, 0) is 0 Å². The van der Waals surface area contributed by atoms with Gasteiger partial charge in [-0.15, -0.1) is 0 Å². The summed E-state index contributed by atoms with van der Waals surface area (Å²) >= 11 is 0. The van der Waals surface area contributed by atoms with Crippen molar-refractivity contribution in [3.8, 4) is 11.3 Å². The number of nitrogens with one attached hydrogen (secondary N) is 2. The van der Waals surface area contributed by atoms with Gasteiger partial charge in [0.05, 0.1) is 18.3 Å². The van der Waals surface area contributed by atoms with Crippen LogP contribution in [0.25, 0.3) is 11.3 Å². The number of benzene rings is 1. The minimum absolute atomic E-state index is 0.106. The van der Waals surface area contributed by atoms with Crippen LogP contribution in [-0.4, -0.2) is 32.7 Å². The quantitative estimate of drug-likeness (QED) is 0.570. The van der Waals surface area contributed by atoms with E-state index in [-0.39, 0.29) is 36.0 Å². The number of rotatable bonds is 7. The molecule has 6 nitrogen and oxygen atoms in total. The predicted molar refractivity (Wildman–Crippen MR) is 104 cm³/mol. The van der Waals surface area contributed by atoms with Crippen molar-refractivity contribution in [1.82, 2.24) is 15.0 Å². The van der Waals surface area contributed by atoms with Gasteiger partial charge in [0.2, 0.25) is 5.95 Å². The minimum atomic E-state index is -0.728. The van der Waals surface area contributed by atoms with Crippen LogP contribution in [0.15, 0.2) is 48.8 Å². The van der Waals surface area contributed by atoms with Gasteiger partial charge in [0.1, 0.15) is 23.1 Å². The average molecular weight is 385 g/mol. The minimum Gasteiger partial charge on any atom is -0.394 e. The van der Waals surface area contributed by atoms with E-state index in [9.17, 15) is 13.9 Å². The molecule has 0 aliphatic heterocycles. The molecule has 1 aromatic carbocycles. The summed E-state index contributed by atoms with van der Waals surface area (Å²) in [7, 11) is 0. The summed E-state index contributed by atoms with van der Waals surface area (Å²) in [6, 6.07) is 8.48. The topological polar surface area (TPSA) is 83.0 Å². The molecule has 3 N–H and O–H groups in total. The van der Waals surface area contributed by atoms with Crippen LogP contribution in [0.1, 0.15) is 13.8 Å². The molecule has 1 atom stereocenters. The molecule has 3 rings (SSSR count). The van der Waals surface area contributed by atoms with E-state index in [1.165, 1.54) is 6.07 Å². The molecule has 0 fully saturated rings. The third kappa shape index (κ3) is 4.58.